The summed E-state index contributed by atoms with van der Waals surface area (Å²) in [5.41, 5.74) is 0. The molecular formula is C8H16O7. The number of carboxylic acids is 3. The van der Waals surface area contributed by atoms with E-state index in [1.165, 1.54) is 0 Å². The van der Waals surface area contributed by atoms with Gasteiger partial charge in [0, 0.05) is 13.8 Å². The minimum atomic E-state index is -1.18. The summed E-state index contributed by atoms with van der Waals surface area (Å²) in [5.74, 6) is -2.82. The van der Waals surface area contributed by atoms with E-state index in [0.717, 1.165) is 13.8 Å². The van der Waals surface area contributed by atoms with Crippen LogP contribution in [0, 0.1) is 0 Å². The fourth-order valence-corrected chi connectivity index (χ4v) is 0.175. The number of aliphatic carboxylic acids is 3. The molecule has 0 aromatic heterocycles. The van der Waals surface area contributed by atoms with E-state index in [2.05, 4.69) is 0 Å². The molecule has 0 aliphatic rings. The monoisotopic (exact) mass is 224 g/mol. The second kappa shape index (κ2) is 12.4. The topological polar surface area (TPSA) is 132 Å². The summed E-state index contributed by atoms with van der Waals surface area (Å²) >= 11 is 0. The third-order valence-electron chi connectivity index (χ3n) is 0.672. The number of hydrogen-bond acceptors (Lipinski definition) is 4. The Morgan fingerprint density at radius 1 is 1.00 bits per heavy atom. The largest absolute Gasteiger partial charge is 0.481 e. The van der Waals surface area contributed by atoms with Crippen LogP contribution < -0.4 is 0 Å². The average Bonchev–Trinajstić information content (AvgIpc) is 2.00. The maximum absolute atomic E-state index is 9.68. The number of hydrogen-bond donors (Lipinski definition) is 4. The van der Waals surface area contributed by atoms with Gasteiger partial charge >= 0.3 is 5.97 Å². The Morgan fingerprint density at radius 2 is 1.20 bits per heavy atom. The molecule has 0 aliphatic heterocycles. The molecule has 1 atom stereocenters. The highest BCUT2D eigenvalue weighted by atomic mass is 16.4. The van der Waals surface area contributed by atoms with Gasteiger partial charge in [-0.1, -0.05) is 6.92 Å². The number of aliphatic hydroxyl groups excluding tert-OH is 1. The SMILES string of the molecule is CC(=O)O.CC(=O)O.CCC(O)C(=O)O. The van der Waals surface area contributed by atoms with Crippen LogP contribution in [0.2, 0.25) is 0 Å². The van der Waals surface area contributed by atoms with Crippen molar-refractivity contribution in [2.75, 3.05) is 0 Å². The summed E-state index contributed by atoms with van der Waals surface area (Å²) in [4.78, 5) is 27.7. The lowest BCUT2D eigenvalue weighted by Crippen LogP contribution is -2.17. The Kier molecular flexibility index (Phi) is 15.7. The Labute approximate surface area is 87.0 Å². The first-order chi connectivity index (χ1) is 6.64. The average molecular weight is 224 g/mol. The molecule has 0 heterocycles. The van der Waals surface area contributed by atoms with E-state index >= 15 is 0 Å². The standard InChI is InChI=1S/C4H8O3.2C2H4O2/c1-2-3(5)4(6)7;2*1-2(3)4/h3,5H,2H2,1H3,(H,6,7);2*1H3,(H,3,4). The molecule has 0 saturated carbocycles. The van der Waals surface area contributed by atoms with Gasteiger partial charge in [0.1, 0.15) is 0 Å². The lowest BCUT2D eigenvalue weighted by atomic mass is 10.3. The van der Waals surface area contributed by atoms with E-state index in [4.69, 9.17) is 30.0 Å². The van der Waals surface area contributed by atoms with Gasteiger partial charge in [-0.15, -0.1) is 0 Å². The quantitative estimate of drug-likeness (QED) is 0.519. The van der Waals surface area contributed by atoms with Crippen molar-refractivity contribution in [1.82, 2.24) is 0 Å². The van der Waals surface area contributed by atoms with Crippen LogP contribution in [0.5, 0.6) is 0 Å². The summed E-state index contributed by atoms with van der Waals surface area (Å²) in [6.07, 6.45) is -0.907. The molecule has 15 heavy (non-hydrogen) atoms. The van der Waals surface area contributed by atoms with Crippen molar-refractivity contribution in [3.8, 4) is 0 Å². The second-order valence-corrected chi connectivity index (χ2v) is 2.30. The fourth-order valence-electron chi connectivity index (χ4n) is 0.175. The molecule has 0 saturated heterocycles. The molecule has 0 bridgehead atoms. The molecule has 0 fully saturated rings. The van der Waals surface area contributed by atoms with Crippen LogP contribution in [0.15, 0.2) is 0 Å². The summed E-state index contributed by atoms with van der Waals surface area (Å²) in [6, 6.07) is 0. The van der Waals surface area contributed by atoms with Gasteiger partial charge < -0.3 is 20.4 Å². The first kappa shape index (κ1) is 19.0. The van der Waals surface area contributed by atoms with E-state index in [1.54, 1.807) is 6.92 Å². The molecule has 1 unspecified atom stereocenters. The molecule has 0 spiro atoms. The van der Waals surface area contributed by atoms with Gasteiger partial charge in [0.25, 0.3) is 11.9 Å². The summed E-state index contributed by atoms with van der Waals surface area (Å²) in [6.45, 7) is 3.78. The minimum Gasteiger partial charge on any atom is -0.481 e. The molecule has 0 rings (SSSR count). The van der Waals surface area contributed by atoms with Crippen molar-refractivity contribution in [2.24, 2.45) is 0 Å². The predicted octanol–water partition coefficient (Wildman–Crippen LogP) is 0.0237. The molecular weight excluding hydrogens is 208 g/mol. The number of carboxylic acid groups (broad SMARTS) is 3. The van der Waals surface area contributed by atoms with Gasteiger partial charge in [-0.25, -0.2) is 4.79 Å². The first-order valence-electron chi connectivity index (χ1n) is 3.95. The lowest BCUT2D eigenvalue weighted by Gasteiger charge is -1.95. The number of carbonyl (C=O) groups is 3. The molecule has 4 N–H and O–H groups in total. The molecule has 0 aliphatic carbocycles. The van der Waals surface area contributed by atoms with Gasteiger partial charge in [-0.2, -0.15) is 0 Å². The lowest BCUT2D eigenvalue weighted by molar-refractivity contribution is -0.146. The van der Waals surface area contributed by atoms with Gasteiger partial charge in [-0.05, 0) is 6.42 Å². The second-order valence-electron chi connectivity index (χ2n) is 2.30. The van der Waals surface area contributed by atoms with Crippen LogP contribution in [0.4, 0.5) is 0 Å². The Bertz CT molecular complexity index is 179. The number of aliphatic hydroxyl groups is 1. The summed E-state index contributed by atoms with van der Waals surface area (Å²) in [5, 5.41) is 31.1. The van der Waals surface area contributed by atoms with Gasteiger partial charge in [0.05, 0.1) is 0 Å². The Hall–Kier alpha value is -1.63. The maximum Gasteiger partial charge on any atom is 0.332 e. The predicted molar refractivity (Wildman–Crippen MR) is 50.6 cm³/mol. The Morgan fingerprint density at radius 3 is 1.20 bits per heavy atom. The van der Waals surface area contributed by atoms with Crippen molar-refractivity contribution in [2.45, 2.75) is 33.3 Å². The number of rotatable bonds is 2. The minimum absolute atomic E-state index is 0.273. The molecule has 0 radical (unpaired) electrons. The normalized spacial score (nSPS) is 9.60. The highest BCUT2D eigenvalue weighted by Crippen LogP contribution is 1.86. The van der Waals surface area contributed by atoms with E-state index in [0.29, 0.717) is 0 Å². The molecule has 7 heteroatoms. The van der Waals surface area contributed by atoms with E-state index < -0.39 is 24.0 Å². The van der Waals surface area contributed by atoms with Crippen molar-refractivity contribution in [3.63, 3.8) is 0 Å². The zero-order chi connectivity index (χ0) is 13.0. The van der Waals surface area contributed by atoms with Crippen molar-refractivity contribution in [3.05, 3.63) is 0 Å². The van der Waals surface area contributed by atoms with Gasteiger partial charge in [0.15, 0.2) is 6.10 Å². The van der Waals surface area contributed by atoms with Crippen molar-refractivity contribution in [1.29, 1.82) is 0 Å². The highest BCUT2D eigenvalue weighted by molar-refractivity contribution is 5.71. The molecule has 7 nitrogen and oxygen atoms in total. The highest BCUT2D eigenvalue weighted by Gasteiger charge is 2.07. The molecule has 0 aromatic carbocycles. The van der Waals surface area contributed by atoms with Crippen LogP contribution in [0.1, 0.15) is 27.2 Å². The molecule has 0 amide bonds. The van der Waals surface area contributed by atoms with Crippen LogP contribution in [0.3, 0.4) is 0 Å². The van der Waals surface area contributed by atoms with E-state index in [-0.39, 0.29) is 6.42 Å². The zero-order valence-corrected chi connectivity index (χ0v) is 8.80. The van der Waals surface area contributed by atoms with Crippen molar-refractivity contribution >= 4 is 17.9 Å². The first-order valence-corrected chi connectivity index (χ1v) is 3.95. The van der Waals surface area contributed by atoms with Crippen LogP contribution >= 0.6 is 0 Å². The Balaban J connectivity index is -0.000000155. The van der Waals surface area contributed by atoms with Crippen LogP contribution in [0.25, 0.3) is 0 Å². The smallest absolute Gasteiger partial charge is 0.332 e. The summed E-state index contributed by atoms with van der Waals surface area (Å²) in [7, 11) is 0. The van der Waals surface area contributed by atoms with E-state index in [9.17, 15) is 4.79 Å². The fraction of sp³-hybridized carbons (Fsp3) is 0.625. The van der Waals surface area contributed by atoms with Crippen molar-refractivity contribution < 1.29 is 34.8 Å². The van der Waals surface area contributed by atoms with Crippen LogP contribution in [-0.4, -0.2) is 44.4 Å². The third-order valence-corrected chi connectivity index (χ3v) is 0.672. The zero-order valence-electron chi connectivity index (χ0n) is 8.80. The van der Waals surface area contributed by atoms with Gasteiger partial charge in [-0.3, -0.25) is 9.59 Å². The molecule has 0 aromatic rings. The maximum atomic E-state index is 9.68. The van der Waals surface area contributed by atoms with E-state index in [1.807, 2.05) is 0 Å². The van der Waals surface area contributed by atoms with Crippen LogP contribution in [-0.2, 0) is 14.4 Å². The summed E-state index contributed by atoms with van der Waals surface area (Å²) < 4.78 is 0. The molecule has 90 valence electrons. The van der Waals surface area contributed by atoms with Gasteiger partial charge in [0.2, 0.25) is 0 Å². The third kappa shape index (κ3) is 69.7.